The Morgan fingerprint density at radius 3 is 2.40 bits per heavy atom. The van der Waals surface area contributed by atoms with E-state index < -0.39 is 0 Å². The normalized spacial score (nSPS) is 11.8. The molecule has 0 radical (unpaired) electrons. The van der Waals surface area contributed by atoms with Crippen molar-refractivity contribution in [1.29, 1.82) is 0 Å². The van der Waals surface area contributed by atoms with Gasteiger partial charge >= 0.3 is 0 Å². The fourth-order valence-corrected chi connectivity index (χ4v) is 1.75. The molecule has 0 bridgehead atoms. The van der Waals surface area contributed by atoms with Gasteiger partial charge in [0, 0.05) is 25.6 Å². The van der Waals surface area contributed by atoms with Crippen LogP contribution in [0.4, 0.5) is 0 Å². The fourth-order valence-electron chi connectivity index (χ4n) is 1.75. The molecule has 0 saturated carbocycles. The van der Waals surface area contributed by atoms with Crippen molar-refractivity contribution in [2.45, 2.75) is 26.8 Å². The molecule has 1 unspecified atom stereocenters. The van der Waals surface area contributed by atoms with Crippen LogP contribution in [-0.2, 0) is 4.79 Å². The Morgan fingerprint density at radius 2 is 1.85 bits per heavy atom. The summed E-state index contributed by atoms with van der Waals surface area (Å²) in [5, 5.41) is 5.75. The maximum Gasteiger partial charge on any atom is 0.216 e. The van der Waals surface area contributed by atoms with Crippen LogP contribution in [0.25, 0.3) is 0 Å². The van der Waals surface area contributed by atoms with Crippen LogP contribution in [0.3, 0.4) is 0 Å². The third-order valence-electron chi connectivity index (χ3n) is 2.79. The number of ether oxygens (including phenoxy) is 1. The van der Waals surface area contributed by atoms with Gasteiger partial charge in [-0.2, -0.15) is 0 Å². The number of hydrogen-bond acceptors (Lipinski definition) is 4. The minimum Gasteiger partial charge on any atom is -0.494 e. The summed E-state index contributed by atoms with van der Waals surface area (Å²) in [5.74, 6) is 0.712. The molecule has 110 valence electrons. The lowest BCUT2D eigenvalue weighted by Gasteiger charge is -2.13. The lowest BCUT2D eigenvalue weighted by molar-refractivity contribution is -0.118. The number of ketones is 1. The summed E-state index contributed by atoms with van der Waals surface area (Å²) < 4.78 is 5.34. The van der Waals surface area contributed by atoms with Crippen molar-refractivity contribution in [1.82, 2.24) is 10.6 Å². The molecule has 0 aliphatic carbocycles. The van der Waals surface area contributed by atoms with Gasteiger partial charge < -0.3 is 15.4 Å². The number of rotatable bonds is 8. The van der Waals surface area contributed by atoms with E-state index in [2.05, 4.69) is 10.6 Å². The first-order valence-corrected chi connectivity index (χ1v) is 6.79. The van der Waals surface area contributed by atoms with Crippen LogP contribution in [0.2, 0.25) is 0 Å². The summed E-state index contributed by atoms with van der Waals surface area (Å²) in [5.41, 5.74) is 0.646. The maximum absolute atomic E-state index is 12.2. The van der Waals surface area contributed by atoms with Gasteiger partial charge in [-0.05, 0) is 38.1 Å². The Hall–Kier alpha value is -1.88. The zero-order chi connectivity index (χ0) is 15.0. The molecule has 0 fully saturated rings. The number of amides is 1. The number of nitrogens with one attached hydrogen (secondary N) is 2. The van der Waals surface area contributed by atoms with Crippen molar-refractivity contribution < 1.29 is 14.3 Å². The third-order valence-corrected chi connectivity index (χ3v) is 2.79. The number of carbonyl (C=O) groups is 2. The van der Waals surface area contributed by atoms with Crippen molar-refractivity contribution in [3.05, 3.63) is 29.8 Å². The molecular weight excluding hydrogens is 256 g/mol. The molecule has 20 heavy (non-hydrogen) atoms. The molecule has 2 N–H and O–H groups in total. The zero-order valence-electron chi connectivity index (χ0n) is 12.2. The summed E-state index contributed by atoms with van der Waals surface area (Å²) >= 11 is 0. The average molecular weight is 278 g/mol. The van der Waals surface area contributed by atoms with Crippen LogP contribution in [-0.4, -0.2) is 37.4 Å². The van der Waals surface area contributed by atoms with Gasteiger partial charge in [-0.3, -0.25) is 9.59 Å². The molecule has 0 aliphatic rings. The molecule has 0 aromatic heterocycles. The number of carbonyl (C=O) groups excluding carboxylic acids is 2. The highest BCUT2D eigenvalue weighted by atomic mass is 16.5. The molecule has 5 nitrogen and oxygen atoms in total. The summed E-state index contributed by atoms with van der Waals surface area (Å²) in [4.78, 5) is 22.9. The lowest BCUT2D eigenvalue weighted by Crippen LogP contribution is -2.39. The molecule has 1 amide bonds. The van der Waals surface area contributed by atoms with Crippen molar-refractivity contribution in [2.75, 3.05) is 19.7 Å². The van der Waals surface area contributed by atoms with Crippen molar-refractivity contribution in [2.24, 2.45) is 0 Å². The van der Waals surface area contributed by atoms with E-state index in [9.17, 15) is 9.59 Å². The van der Waals surface area contributed by atoms with Crippen molar-refractivity contribution in [3.63, 3.8) is 0 Å². The second-order valence-electron chi connectivity index (χ2n) is 4.48. The van der Waals surface area contributed by atoms with Crippen LogP contribution in [0.5, 0.6) is 5.75 Å². The van der Waals surface area contributed by atoms with Gasteiger partial charge in [-0.1, -0.05) is 0 Å². The van der Waals surface area contributed by atoms with E-state index in [1.165, 1.54) is 6.92 Å². The van der Waals surface area contributed by atoms with Gasteiger partial charge in [0.15, 0.2) is 5.78 Å². The Labute approximate surface area is 119 Å². The SMILES string of the molecule is CCOc1ccc(C(=O)C(C)NCCNC(C)=O)cc1. The average Bonchev–Trinajstić information content (AvgIpc) is 2.43. The minimum atomic E-state index is -0.290. The lowest BCUT2D eigenvalue weighted by atomic mass is 10.1. The first-order chi connectivity index (χ1) is 9.54. The van der Waals surface area contributed by atoms with Crippen LogP contribution in [0.15, 0.2) is 24.3 Å². The van der Waals surface area contributed by atoms with Crippen LogP contribution >= 0.6 is 0 Å². The highest BCUT2D eigenvalue weighted by Crippen LogP contribution is 2.13. The topological polar surface area (TPSA) is 67.4 Å². The Bertz CT molecular complexity index is 443. The van der Waals surface area contributed by atoms with Gasteiger partial charge in [0.2, 0.25) is 5.91 Å². The van der Waals surface area contributed by atoms with E-state index in [4.69, 9.17) is 4.74 Å². The molecular formula is C15H22N2O3. The summed E-state index contributed by atoms with van der Waals surface area (Å²) in [6, 6.07) is 6.82. The maximum atomic E-state index is 12.2. The first-order valence-electron chi connectivity index (χ1n) is 6.79. The first kappa shape index (κ1) is 16.2. The molecule has 0 aliphatic heterocycles. The van der Waals surface area contributed by atoms with Gasteiger partial charge in [0.1, 0.15) is 5.75 Å². The van der Waals surface area contributed by atoms with Gasteiger partial charge in [-0.15, -0.1) is 0 Å². The molecule has 0 spiro atoms. The van der Waals surface area contributed by atoms with E-state index in [-0.39, 0.29) is 17.7 Å². The highest BCUT2D eigenvalue weighted by molar-refractivity contribution is 5.99. The summed E-state index contributed by atoms with van der Waals surface area (Å²) in [6.45, 7) is 6.87. The Kier molecular flexibility index (Phi) is 6.73. The highest BCUT2D eigenvalue weighted by Gasteiger charge is 2.14. The van der Waals surface area contributed by atoms with Crippen LogP contribution in [0.1, 0.15) is 31.1 Å². The third kappa shape index (κ3) is 5.40. The van der Waals surface area contributed by atoms with Crippen LogP contribution in [0, 0.1) is 0 Å². The fraction of sp³-hybridized carbons (Fsp3) is 0.467. The largest absolute Gasteiger partial charge is 0.494 e. The van der Waals surface area contributed by atoms with Crippen LogP contribution < -0.4 is 15.4 Å². The van der Waals surface area contributed by atoms with E-state index in [0.29, 0.717) is 25.3 Å². The number of benzene rings is 1. The van der Waals surface area contributed by atoms with E-state index in [1.807, 2.05) is 13.8 Å². The Balaban J connectivity index is 2.45. The number of Topliss-reactive ketones (excluding diaryl/α,β-unsaturated/α-hetero) is 1. The molecule has 1 aromatic rings. The minimum absolute atomic E-state index is 0.0240. The quantitative estimate of drug-likeness (QED) is 0.557. The number of hydrogen-bond donors (Lipinski definition) is 2. The zero-order valence-corrected chi connectivity index (χ0v) is 12.2. The van der Waals surface area contributed by atoms with E-state index >= 15 is 0 Å². The monoisotopic (exact) mass is 278 g/mol. The van der Waals surface area contributed by atoms with Crippen molar-refractivity contribution in [3.8, 4) is 5.75 Å². The smallest absolute Gasteiger partial charge is 0.216 e. The molecule has 5 heteroatoms. The second kappa shape index (κ2) is 8.32. The van der Waals surface area contributed by atoms with Gasteiger partial charge in [-0.25, -0.2) is 0 Å². The standard InChI is InChI=1S/C15H22N2O3/c1-4-20-14-7-5-13(6-8-14)15(19)11(2)16-9-10-17-12(3)18/h5-8,11,16H,4,9-10H2,1-3H3,(H,17,18). The predicted molar refractivity (Wildman–Crippen MR) is 78.1 cm³/mol. The summed E-state index contributed by atoms with van der Waals surface area (Å²) in [6.07, 6.45) is 0. The molecule has 1 atom stereocenters. The summed E-state index contributed by atoms with van der Waals surface area (Å²) in [7, 11) is 0. The second-order valence-corrected chi connectivity index (χ2v) is 4.48. The Morgan fingerprint density at radius 1 is 1.20 bits per heavy atom. The van der Waals surface area contributed by atoms with E-state index in [1.54, 1.807) is 24.3 Å². The molecule has 1 rings (SSSR count). The van der Waals surface area contributed by atoms with Gasteiger partial charge in [0.25, 0.3) is 0 Å². The molecule has 1 aromatic carbocycles. The predicted octanol–water partition coefficient (Wildman–Crippen LogP) is 1.38. The van der Waals surface area contributed by atoms with E-state index in [0.717, 1.165) is 5.75 Å². The van der Waals surface area contributed by atoms with Gasteiger partial charge in [0.05, 0.1) is 12.6 Å². The molecule has 0 heterocycles. The van der Waals surface area contributed by atoms with Crippen molar-refractivity contribution >= 4 is 11.7 Å². The molecule has 0 saturated heterocycles.